The van der Waals surface area contributed by atoms with Gasteiger partial charge < -0.3 is 15.0 Å². The Kier molecular flexibility index (Phi) is 6.10. The maximum atomic E-state index is 11.8. The maximum Gasteiger partial charge on any atom is 0.317 e. The van der Waals surface area contributed by atoms with Gasteiger partial charge >= 0.3 is 6.03 Å². The van der Waals surface area contributed by atoms with Crippen molar-refractivity contribution in [1.82, 2.24) is 19.9 Å². The Morgan fingerprint density at radius 2 is 2.14 bits per heavy atom. The van der Waals surface area contributed by atoms with Crippen LogP contribution in [0, 0.1) is 0 Å². The van der Waals surface area contributed by atoms with Gasteiger partial charge in [0.2, 0.25) is 10.0 Å². The zero-order valence-electron chi connectivity index (χ0n) is 12.2. The molecule has 0 saturated carbocycles. The molecule has 2 N–H and O–H groups in total. The minimum Gasteiger partial charge on any atom is -0.378 e. The summed E-state index contributed by atoms with van der Waals surface area (Å²) in [7, 11) is -3.44. The Morgan fingerprint density at radius 3 is 2.82 bits per heavy atom. The fraction of sp³-hybridized carbons (Fsp3) is 0.538. The fourth-order valence-electron chi connectivity index (χ4n) is 1.94. The number of ether oxygens (including phenoxy) is 1. The Balaban J connectivity index is 1.69. The van der Waals surface area contributed by atoms with E-state index in [2.05, 4.69) is 15.0 Å². The molecule has 2 rings (SSSR count). The van der Waals surface area contributed by atoms with E-state index in [-0.39, 0.29) is 24.9 Å². The van der Waals surface area contributed by atoms with Crippen molar-refractivity contribution in [3.8, 4) is 0 Å². The van der Waals surface area contributed by atoms with Gasteiger partial charge in [-0.1, -0.05) is 6.07 Å². The van der Waals surface area contributed by atoms with Gasteiger partial charge in [-0.25, -0.2) is 17.9 Å². The zero-order chi connectivity index (χ0) is 15.8. The molecule has 1 aromatic heterocycles. The molecule has 1 fully saturated rings. The van der Waals surface area contributed by atoms with E-state index in [1.807, 2.05) is 0 Å². The van der Waals surface area contributed by atoms with Crippen LogP contribution in [0.4, 0.5) is 4.79 Å². The van der Waals surface area contributed by atoms with Gasteiger partial charge in [0.25, 0.3) is 0 Å². The van der Waals surface area contributed by atoms with Crippen molar-refractivity contribution in [2.75, 3.05) is 38.6 Å². The minimum absolute atomic E-state index is 0.0680. The third-order valence-electron chi connectivity index (χ3n) is 3.16. The molecular formula is C13H20N4O4S. The van der Waals surface area contributed by atoms with Gasteiger partial charge in [0.15, 0.2) is 0 Å². The quantitative estimate of drug-likeness (QED) is 0.736. The van der Waals surface area contributed by atoms with E-state index >= 15 is 0 Å². The third kappa shape index (κ3) is 5.58. The van der Waals surface area contributed by atoms with Crippen molar-refractivity contribution in [3.63, 3.8) is 0 Å². The minimum atomic E-state index is -3.44. The number of sulfonamides is 1. The topological polar surface area (TPSA) is 101 Å². The van der Waals surface area contributed by atoms with E-state index in [0.29, 0.717) is 26.3 Å². The van der Waals surface area contributed by atoms with Crippen molar-refractivity contribution in [3.05, 3.63) is 30.1 Å². The molecule has 2 amide bonds. The molecule has 0 spiro atoms. The monoisotopic (exact) mass is 328 g/mol. The molecule has 0 unspecified atom stereocenters. The van der Waals surface area contributed by atoms with Crippen molar-refractivity contribution in [2.45, 2.75) is 6.54 Å². The molecule has 0 atom stereocenters. The van der Waals surface area contributed by atoms with Crippen LogP contribution in [-0.4, -0.2) is 62.9 Å². The number of morpholine rings is 1. The van der Waals surface area contributed by atoms with Crippen molar-refractivity contribution < 1.29 is 17.9 Å². The van der Waals surface area contributed by atoms with Gasteiger partial charge in [0.1, 0.15) is 0 Å². The summed E-state index contributed by atoms with van der Waals surface area (Å²) in [5, 5.41) is 2.61. The first-order chi connectivity index (χ1) is 10.6. The van der Waals surface area contributed by atoms with Crippen LogP contribution in [0.5, 0.6) is 0 Å². The second kappa shape index (κ2) is 8.06. The zero-order valence-corrected chi connectivity index (χ0v) is 13.0. The van der Waals surface area contributed by atoms with Crippen molar-refractivity contribution in [2.24, 2.45) is 0 Å². The van der Waals surface area contributed by atoms with E-state index in [1.165, 1.54) is 0 Å². The molecule has 22 heavy (non-hydrogen) atoms. The molecule has 0 aromatic carbocycles. The third-order valence-corrected chi connectivity index (χ3v) is 4.49. The summed E-state index contributed by atoms with van der Waals surface area (Å²) in [5.41, 5.74) is 0.781. The second-order valence-corrected chi connectivity index (χ2v) is 6.76. The Morgan fingerprint density at radius 1 is 1.36 bits per heavy atom. The highest BCUT2D eigenvalue weighted by molar-refractivity contribution is 7.89. The molecule has 1 aliphatic rings. The predicted octanol–water partition coefficient (Wildman–Crippen LogP) is -0.457. The second-order valence-electron chi connectivity index (χ2n) is 4.83. The molecule has 9 heteroatoms. The number of nitrogens with one attached hydrogen (secondary N) is 2. The van der Waals surface area contributed by atoms with E-state index in [4.69, 9.17) is 4.74 Å². The number of amides is 2. The van der Waals surface area contributed by atoms with E-state index in [1.54, 1.807) is 29.4 Å². The average molecular weight is 328 g/mol. The highest BCUT2D eigenvalue weighted by Gasteiger charge is 2.17. The lowest BCUT2D eigenvalue weighted by Crippen LogP contribution is -2.47. The number of carbonyl (C=O) groups is 1. The SMILES string of the molecule is O=C(NCCS(=O)(=O)NCc1cccnc1)N1CCOCC1. The number of hydrogen-bond donors (Lipinski definition) is 2. The van der Waals surface area contributed by atoms with E-state index < -0.39 is 10.0 Å². The lowest BCUT2D eigenvalue weighted by molar-refractivity contribution is 0.0533. The summed E-state index contributed by atoms with van der Waals surface area (Å²) in [6.07, 6.45) is 3.22. The number of urea groups is 1. The first kappa shape index (κ1) is 16.7. The smallest absolute Gasteiger partial charge is 0.317 e. The standard InChI is InChI=1S/C13H20N4O4S/c18-13(17-5-7-21-8-6-17)15-4-9-22(19,20)16-11-12-2-1-3-14-10-12/h1-3,10,16H,4-9,11H2,(H,15,18). The predicted molar refractivity (Wildman–Crippen MR) is 80.7 cm³/mol. The molecule has 2 heterocycles. The summed E-state index contributed by atoms with van der Waals surface area (Å²) in [6, 6.07) is 3.27. The molecule has 1 saturated heterocycles. The molecular weight excluding hydrogens is 308 g/mol. The molecule has 0 radical (unpaired) electrons. The van der Waals surface area contributed by atoms with Crippen molar-refractivity contribution in [1.29, 1.82) is 0 Å². The highest BCUT2D eigenvalue weighted by Crippen LogP contribution is 1.98. The average Bonchev–Trinajstić information content (AvgIpc) is 2.55. The van der Waals surface area contributed by atoms with Crippen molar-refractivity contribution >= 4 is 16.1 Å². The highest BCUT2D eigenvalue weighted by atomic mass is 32.2. The Bertz CT molecular complexity index is 573. The number of rotatable bonds is 6. The van der Waals surface area contributed by atoms with Crippen LogP contribution < -0.4 is 10.0 Å². The van der Waals surface area contributed by atoms with Crippen LogP contribution in [0.1, 0.15) is 5.56 Å². The van der Waals surface area contributed by atoms with Crippen LogP contribution >= 0.6 is 0 Å². The summed E-state index contributed by atoms with van der Waals surface area (Å²) >= 11 is 0. The Labute approximate surface area is 129 Å². The maximum absolute atomic E-state index is 11.8. The number of carbonyl (C=O) groups excluding carboxylic acids is 1. The van der Waals surface area contributed by atoms with Gasteiger partial charge in [0, 0.05) is 38.6 Å². The van der Waals surface area contributed by atoms with Crippen LogP contribution in [0.15, 0.2) is 24.5 Å². The van der Waals surface area contributed by atoms with E-state index in [9.17, 15) is 13.2 Å². The number of nitrogens with zero attached hydrogens (tertiary/aromatic N) is 2. The molecule has 122 valence electrons. The number of hydrogen-bond acceptors (Lipinski definition) is 5. The summed E-state index contributed by atoms with van der Waals surface area (Å²) in [4.78, 5) is 17.3. The van der Waals surface area contributed by atoms with Crippen LogP contribution in [-0.2, 0) is 21.3 Å². The molecule has 0 bridgehead atoms. The largest absolute Gasteiger partial charge is 0.378 e. The van der Waals surface area contributed by atoms with Crippen LogP contribution in [0.25, 0.3) is 0 Å². The first-order valence-corrected chi connectivity index (χ1v) is 8.69. The molecule has 0 aliphatic carbocycles. The lowest BCUT2D eigenvalue weighted by Gasteiger charge is -2.26. The molecule has 1 aliphatic heterocycles. The number of pyridine rings is 1. The van der Waals surface area contributed by atoms with Crippen LogP contribution in [0.2, 0.25) is 0 Å². The first-order valence-electron chi connectivity index (χ1n) is 7.03. The van der Waals surface area contributed by atoms with Gasteiger partial charge in [-0.2, -0.15) is 0 Å². The Hall–Kier alpha value is -1.71. The fourth-order valence-corrected chi connectivity index (χ4v) is 2.84. The van der Waals surface area contributed by atoms with Gasteiger partial charge in [0.05, 0.1) is 19.0 Å². The summed E-state index contributed by atoms with van der Waals surface area (Å²) in [5.74, 6) is -0.163. The summed E-state index contributed by atoms with van der Waals surface area (Å²) in [6.45, 7) is 2.33. The molecule has 8 nitrogen and oxygen atoms in total. The van der Waals surface area contributed by atoms with Gasteiger partial charge in [-0.05, 0) is 11.6 Å². The number of aromatic nitrogens is 1. The summed E-state index contributed by atoms with van der Waals surface area (Å²) < 4.78 is 31.3. The normalized spacial score (nSPS) is 15.5. The molecule has 1 aromatic rings. The lowest BCUT2D eigenvalue weighted by atomic mass is 10.3. The van der Waals surface area contributed by atoms with Crippen LogP contribution in [0.3, 0.4) is 0 Å². The van der Waals surface area contributed by atoms with E-state index in [0.717, 1.165) is 5.56 Å². The van der Waals surface area contributed by atoms with Gasteiger partial charge in [-0.15, -0.1) is 0 Å². The van der Waals surface area contributed by atoms with Gasteiger partial charge in [-0.3, -0.25) is 4.98 Å².